The minimum atomic E-state index is -3.14. The number of piperidine rings is 1. The molecular formula is C16H25BrN4O3S. The fraction of sp³-hybridized carbons (Fsp3) is 0.750. The first kappa shape index (κ1) is 18.8. The number of nitrogens with zero attached hydrogens (tertiary/aromatic N) is 2. The van der Waals surface area contributed by atoms with Crippen molar-refractivity contribution in [3.8, 4) is 0 Å². The maximum atomic E-state index is 12.7. The molecule has 2 unspecified atom stereocenters. The SMILES string of the molecule is CC(C)c1[nH]nc(C(=O)NC2CS(=O)(=O)CC2N2CCCCC2)c1Br. The fourth-order valence-corrected chi connectivity index (χ4v) is 6.46. The predicted molar refractivity (Wildman–Crippen MR) is 99.5 cm³/mol. The Morgan fingerprint density at radius 1 is 1.28 bits per heavy atom. The van der Waals surface area contributed by atoms with E-state index in [-0.39, 0.29) is 41.1 Å². The summed E-state index contributed by atoms with van der Waals surface area (Å²) in [5, 5.41) is 9.91. The summed E-state index contributed by atoms with van der Waals surface area (Å²) >= 11 is 3.43. The van der Waals surface area contributed by atoms with Crippen molar-refractivity contribution in [1.29, 1.82) is 0 Å². The molecule has 2 atom stereocenters. The lowest BCUT2D eigenvalue weighted by Crippen LogP contribution is -2.52. The van der Waals surface area contributed by atoms with E-state index in [1.807, 2.05) is 13.8 Å². The summed E-state index contributed by atoms with van der Waals surface area (Å²) in [6.07, 6.45) is 3.35. The molecule has 1 aromatic heterocycles. The summed E-state index contributed by atoms with van der Waals surface area (Å²) in [5.74, 6) is -0.00821. The highest BCUT2D eigenvalue weighted by atomic mass is 79.9. The molecule has 0 radical (unpaired) electrons. The molecule has 0 saturated carbocycles. The third kappa shape index (κ3) is 4.09. The van der Waals surface area contributed by atoms with Crippen molar-refractivity contribution in [3.63, 3.8) is 0 Å². The highest BCUT2D eigenvalue weighted by molar-refractivity contribution is 9.10. The van der Waals surface area contributed by atoms with Crippen molar-refractivity contribution in [2.45, 2.75) is 51.1 Å². The van der Waals surface area contributed by atoms with Gasteiger partial charge in [-0.1, -0.05) is 20.3 Å². The number of carbonyl (C=O) groups is 1. The van der Waals surface area contributed by atoms with Gasteiger partial charge in [0.2, 0.25) is 0 Å². The van der Waals surface area contributed by atoms with E-state index >= 15 is 0 Å². The molecule has 2 fully saturated rings. The molecule has 0 aliphatic carbocycles. The molecule has 0 spiro atoms. The molecule has 3 heterocycles. The monoisotopic (exact) mass is 432 g/mol. The number of aromatic nitrogens is 2. The van der Waals surface area contributed by atoms with Crippen LogP contribution < -0.4 is 5.32 Å². The van der Waals surface area contributed by atoms with E-state index in [4.69, 9.17) is 0 Å². The number of rotatable bonds is 4. The standard InChI is InChI=1S/C16H25BrN4O3S/c1-10(2)14-13(17)15(20-19-14)16(22)18-11-8-25(23,24)9-12(11)21-6-4-3-5-7-21/h10-12H,3-9H2,1-2H3,(H,18,22)(H,19,20). The van der Waals surface area contributed by atoms with Gasteiger partial charge in [-0.05, 0) is 47.8 Å². The summed E-state index contributed by atoms with van der Waals surface area (Å²) in [4.78, 5) is 14.9. The van der Waals surface area contributed by atoms with Gasteiger partial charge in [-0.15, -0.1) is 0 Å². The predicted octanol–water partition coefficient (Wildman–Crippen LogP) is 1.68. The maximum Gasteiger partial charge on any atom is 0.273 e. The van der Waals surface area contributed by atoms with Crippen LogP contribution in [0.1, 0.15) is 55.2 Å². The fourth-order valence-electron chi connectivity index (χ4n) is 3.69. The molecule has 1 amide bonds. The van der Waals surface area contributed by atoms with Crippen molar-refractivity contribution < 1.29 is 13.2 Å². The van der Waals surface area contributed by atoms with E-state index in [1.165, 1.54) is 6.42 Å². The van der Waals surface area contributed by atoms with Gasteiger partial charge < -0.3 is 5.32 Å². The van der Waals surface area contributed by atoms with Crippen molar-refractivity contribution in [3.05, 3.63) is 15.9 Å². The molecule has 2 saturated heterocycles. The van der Waals surface area contributed by atoms with Crippen LogP contribution in [-0.4, -0.2) is 66.1 Å². The van der Waals surface area contributed by atoms with Crippen LogP contribution in [-0.2, 0) is 9.84 Å². The minimum absolute atomic E-state index is 0.00101. The number of hydrogen-bond donors (Lipinski definition) is 2. The highest BCUT2D eigenvalue weighted by Gasteiger charge is 2.42. The van der Waals surface area contributed by atoms with Crippen molar-refractivity contribution in [2.24, 2.45) is 0 Å². The first-order chi connectivity index (χ1) is 11.8. The number of halogens is 1. The topological polar surface area (TPSA) is 95.2 Å². The number of carbonyl (C=O) groups excluding carboxylic acids is 1. The lowest BCUT2D eigenvalue weighted by Gasteiger charge is -2.34. The second-order valence-corrected chi connectivity index (χ2v) is 10.2. The Morgan fingerprint density at radius 2 is 1.96 bits per heavy atom. The summed E-state index contributed by atoms with van der Waals surface area (Å²) in [6, 6.07) is -0.529. The van der Waals surface area contributed by atoms with Crippen LogP contribution >= 0.6 is 15.9 Å². The number of aromatic amines is 1. The van der Waals surface area contributed by atoms with Gasteiger partial charge in [0.1, 0.15) is 0 Å². The smallest absolute Gasteiger partial charge is 0.273 e. The van der Waals surface area contributed by atoms with Gasteiger partial charge in [0.05, 0.1) is 27.7 Å². The zero-order chi connectivity index (χ0) is 18.2. The van der Waals surface area contributed by atoms with E-state index < -0.39 is 9.84 Å². The van der Waals surface area contributed by atoms with Crippen LogP contribution in [0.4, 0.5) is 0 Å². The average Bonchev–Trinajstić information content (AvgIpc) is 3.08. The number of nitrogens with one attached hydrogen (secondary N) is 2. The lowest BCUT2D eigenvalue weighted by molar-refractivity contribution is 0.0894. The summed E-state index contributed by atoms with van der Waals surface area (Å²) in [6.45, 7) is 5.82. The van der Waals surface area contributed by atoms with Gasteiger partial charge in [0.25, 0.3) is 5.91 Å². The first-order valence-electron chi connectivity index (χ1n) is 8.77. The second-order valence-electron chi connectivity index (χ2n) is 7.28. The third-order valence-electron chi connectivity index (χ3n) is 5.02. The highest BCUT2D eigenvalue weighted by Crippen LogP contribution is 2.27. The quantitative estimate of drug-likeness (QED) is 0.754. The third-order valence-corrected chi connectivity index (χ3v) is 7.54. The molecule has 0 aromatic carbocycles. The Balaban J connectivity index is 1.76. The van der Waals surface area contributed by atoms with Gasteiger partial charge >= 0.3 is 0 Å². The van der Waals surface area contributed by atoms with Gasteiger partial charge in [-0.25, -0.2) is 8.42 Å². The molecule has 2 aliphatic heterocycles. The number of amides is 1. The number of sulfone groups is 1. The molecule has 25 heavy (non-hydrogen) atoms. The maximum absolute atomic E-state index is 12.7. The number of hydrogen-bond acceptors (Lipinski definition) is 5. The van der Waals surface area contributed by atoms with E-state index in [1.54, 1.807) is 0 Å². The Morgan fingerprint density at radius 3 is 2.56 bits per heavy atom. The Hall–Kier alpha value is -0.930. The Labute approximate surface area is 157 Å². The molecule has 2 aliphatic rings. The normalized spacial score (nSPS) is 26.9. The summed E-state index contributed by atoms with van der Waals surface area (Å²) < 4.78 is 25.0. The van der Waals surface area contributed by atoms with E-state index in [2.05, 4.69) is 36.3 Å². The molecule has 7 nitrogen and oxygen atoms in total. The van der Waals surface area contributed by atoms with Crippen molar-refractivity contribution in [2.75, 3.05) is 24.6 Å². The van der Waals surface area contributed by atoms with E-state index in [0.29, 0.717) is 4.47 Å². The van der Waals surface area contributed by atoms with Crippen molar-refractivity contribution >= 4 is 31.7 Å². The largest absolute Gasteiger partial charge is 0.345 e. The molecule has 2 N–H and O–H groups in total. The van der Waals surface area contributed by atoms with Crippen LogP contribution in [0.15, 0.2) is 4.47 Å². The van der Waals surface area contributed by atoms with Gasteiger partial charge in [-0.3, -0.25) is 14.8 Å². The second kappa shape index (κ2) is 7.36. The molecular weight excluding hydrogens is 408 g/mol. The number of H-pyrrole nitrogens is 1. The first-order valence-corrected chi connectivity index (χ1v) is 11.4. The zero-order valence-corrected chi connectivity index (χ0v) is 17.0. The van der Waals surface area contributed by atoms with Crippen LogP contribution in [0.5, 0.6) is 0 Å². The summed E-state index contributed by atoms with van der Waals surface area (Å²) in [7, 11) is -3.14. The number of likely N-dealkylation sites (tertiary alicyclic amines) is 1. The Bertz CT molecular complexity index is 741. The van der Waals surface area contributed by atoms with Gasteiger partial charge in [-0.2, -0.15) is 5.10 Å². The van der Waals surface area contributed by atoms with E-state index in [0.717, 1.165) is 31.6 Å². The molecule has 140 valence electrons. The van der Waals surface area contributed by atoms with Crippen LogP contribution in [0.25, 0.3) is 0 Å². The van der Waals surface area contributed by atoms with Crippen LogP contribution in [0.3, 0.4) is 0 Å². The van der Waals surface area contributed by atoms with Crippen LogP contribution in [0.2, 0.25) is 0 Å². The molecule has 3 rings (SSSR count). The molecule has 1 aromatic rings. The van der Waals surface area contributed by atoms with Gasteiger partial charge in [0.15, 0.2) is 15.5 Å². The van der Waals surface area contributed by atoms with Gasteiger partial charge in [0, 0.05) is 6.04 Å². The average molecular weight is 433 g/mol. The molecule has 0 bridgehead atoms. The minimum Gasteiger partial charge on any atom is -0.345 e. The van der Waals surface area contributed by atoms with Crippen LogP contribution in [0, 0.1) is 0 Å². The lowest BCUT2D eigenvalue weighted by atomic mass is 10.0. The Kier molecular flexibility index (Phi) is 5.55. The summed E-state index contributed by atoms with van der Waals surface area (Å²) in [5.41, 5.74) is 1.14. The zero-order valence-electron chi connectivity index (χ0n) is 14.6. The molecule has 9 heteroatoms. The van der Waals surface area contributed by atoms with Crippen molar-refractivity contribution in [1.82, 2.24) is 20.4 Å². The van der Waals surface area contributed by atoms with E-state index in [9.17, 15) is 13.2 Å².